The maximum atomic E-state index is 11.0. The Kier molecular flexibility index (Phi) is 5.92. The van der Waals surface area contributed by atoms with Crippen LogP contribution in [-0.2, 0) is 0 Å². The van der Waals surface area contributed by atoms with E-state index < -0.39 is 12.1 Å². The molecule has 0 fully saturated rings. The molecule has 0 bridgehead atoms. The van der Waals surface area contributed by atoms with Gasteiger partial charge >= 0.3 is 6.03 Å². The van der Waals surface area contributed by atoms with Crippen molar-refractivity contribution in [2.45, 2.75) is 6.10 Å². The third kappa shape index (κ3) is 4.71. The summed E-state index contributed by atoms with van der Waals surface area (Å²) in [4.78, 5) is 14.4. The number of benzene rings is 3. The summed E-state index contributed by atoms with van der Waals surface area (Å²) in [7, 11) is 0. The predicted octanol–water partition coefficient (Wildman–Crippen LogP) is 3.22. The van der Waals surface area contributed by atoms with Gasteiger partial charge in [-0.05, 0) is 35.9 Å². The standard InChI is InChI=1S/C23H24N4O4/c24-23(30)27-20-11-14(5-8-21(20)28)22(29)13-25-9-10-31-15-6-7-17-16-3-1-2-4-18(16)26-19(17)12-15/h1-8,11-12,22,25-26,28-29H,9-10,13H2,(H3,24,27,30). The van der Waals surface area contributed by atoms with Gasteiger partial charge < -0.3 is 36.3 Å². The zero-order valence-electron chi connectivity index (χ0n) is 16.8. The number of carbonyl (C=O) groups excluding carboxylic acids is 1. The maximum absolute atomic E-state index is 11.0. The second kappa shape index (κ2) is 8.95. The lowest BCUT2D eigenvalue weighted by atomic mass is 10.1. The van der Waals surface area contributed by atoms with Gasteiger partial charge in [0.1, 0.15) is 18.1 Å². The number of fused-ring (bicyclic) bond motifs is 3. The number of aliphatic hydroxyl groups is 1. The molecular weight excluding hydrogens is 396 g/mol. The Morgan fingerprint density at radius 3 is 2.71 bits per heavy atom. The van der Waals surface area contributed by atoms with Gasteiger partial charge in [0.25, 0.3) is 0 Å². The second-order valence-corrected chi connectivity index (χ2v) is 7.21. The first-order chi connectivity index (χ1) is 15.0. The molecule has 4 rings (SSSR count). The number of phenolic OH excluding ortho intramolecular Hbond substituents is 1. The summed E-state index contributed by atoms with van der Waals surface area (Å²) >= 11 is 0. The van der Waals surface area contributed by atoms with Crippen molar-refractivity contribution in [3.8, 4) is 11.5 Å². The SMILES string of the molecule is NC(=O)Nc1cc(C(O)CNCCOc2ccc3c(c2)[nH]c2ccccc23)ccc1O. The van der Waals surface area contributed by atoms with E-state index in [9.17, 15) is 15.0 Å². The van der Waals surface area contributed by atoms with E-state index in [4.69, 9.17) is 10.5 Å². The lowest BCUT2D eigenvalue weighted by Crippen LogP contribution is -2.26. The molecule has 1 atom stereocenters. The molecule has 1 aromatic heterocycles. The average Bonchev–Trinajstić information content (AvgIpc) is 3.12. The second-order valence-electron chi connectivity index (χ2n) is 7.21. The molecule has 160 valence electrons. The van der Waals surface area contributed by atoms with Crippen LogP contribution >= 0.6 is 0 Å². The van der Waals surface area contributed by atoms with Crippen LogP contribution in [0.1, 0.15) is 11.7 Å². The Labute approximate surface area is 178 Å². The number of para-hydroxylation sites is 1. The van der Waals surface area contributed by atoms with Gasteiger partial charge in [0.2, 0.25) is 0 Å². The molecule has 0 saturated heterocycles. The Bertz CT molecular complexity index is 1220. The zero-order chi connectivity index (χ0) is 21.8. The van der Waals surface area contributed by atoms with Crippen LogP contribution in [0.4, 0.5) is 10.5 Å². The number of hydrogen-bond acceptors (Lipinski definition) is 5. The number of aromatic amines is 1. The van der Waals surface area contributed by atoms with E-state index in [0.29, 0.717) is 18.7 Å². The number of phenols is 1. The van der Waals surface area contributed by atoms with Gasteiger partial charge in [0, 0.05) is 35.4 Å². The van der Waals surface area contributed by atoms with Crippen molar-refractivity contribution < 1.29 is 19.7 Å². The van der Waals surface area contributed by atoms with Crippen molar-refractivity contribution in [2.24, 2.45) is 5.73 Å². The highest BCUT2D eigenvalue weighted by Crippen LogP contribution is 2.28. The van der Waals surface area contributed by atoms with Crippen molar-refractivity contribution >= 4 is 33.5 Å². The topological polar surface area (TPSA) is 133 Å². The molecule has 3 aromatic carbocycles. The van der Waals surface area contributed by atoms with Crippen LogP contribution in [0.15, 0.2) is 60.7 Å². The van der Waals surface area contributed by atoms with Gasteiger partial charge in [0.15, 0.2) is 0 Å². The van der Waals surface area contributed by atoms with Crippen molar-refractivity contribution in [3.05, 3.63) is 66.2 Å². The number of amides is 2. The van der Waals surface area contributed by atoms with Gasteiger partial charge in [-0.15, -0.1) is 0 Å². The van der Waals surface area contributed by atoms with Gasteiger partial charge in [-0.25, -0.2) is 4.79 Å². The number of aliphatic hydroxyl groups excluding tert-OH is 1. The van der Waals surface area contributed by atoms with Crippen molar-refractivity contribution in [1.82, 2.24) is 10.3 Å². The van der Waals surface area contributed by atoms with E-state index in [2.05, 4.69) is 21.7 Å². The van der Waals surface area contributed by atoms with Gasteiger partial charge in [-0.2, -0.15) is 0 Å². The molecule has 0 aliphatic carbocycles. The van der Waals surface area contributed by atoms with Gasteiger partial charge in [-0.1, -0.05) is 24.3 Å². The third-order valence-electron chi connectivity index (χ3n) is 5.03. The Balaban J connectivity index is 1.28. The Morgan fingerprint density at radius 1 is 1.06 bits per heavy atom. The zero-order valence-corrected chi connectivity index (χ0v) is 16.8. The number of ether oxygens (including phenoxy) is 1. The van der Waals surface area contributed by atoms with Crippen molar-refractivity contribution in [1.29, 1.82) is 0 Å². The Hall–Kier alpha value is -3.75. The fourth-order valence-corrected chi connectivity index (χ4v) is 3.51. The average molecular weight is 420 g/mol. The minimum Gasteiger partial charge on any atom is -0.506 e. The van der Waals surface area contributed by atoms with E-state index in [1.54, 1.807) is 6.07 Å². The number of H-pyrrole nitrogens is 1. The van der Waals surface area contributed by atoms with Crippen LogP contribution in [0.2, 0.25) is 0 Å². The number of primary amides is 1. The molecule has 8 heteroatoms. The number of rotatable bonds is 8. The molecule has 7 N–H and O–H groups in total. The summed E-state index contributed by atoms with van der Waals surface area (Å²) in [6, 6.07) is 17.8. The summed E-state index contributed by atoms with van der Waals surface area (Å²) < 4.78 is 5.82. The predicted molar refractivity (Wildman–Crippen MR) is 120 cm³/mol. The van der Waals surface area contributed by atoms with Crippen molar-refractivity contribution in [3.63, 3.8) is 0 Å². The quantitative estimate of drug-likeness (QED) is 0.192. The first-order valence-electron chi connectivity index (χ1n) is 9.92. The van der Waals surface area contributed by atoms with Crippen LogP contribution in [-0.4, -0.2) is 40.9 Å². The monoisotopic (exact) mass is 420 g/mol. The molecule has 31 heavy (non-hydrogen) atoms. The van der Waals surface area contributed by atoms with E-state index in [1.807, 2.05) is 36.4 Å². The van der Waals surface area contributed by atoms with Gasteiger partial charge in [0.05, 0.1) is 17.3 Å². The smallest absolute Gasteiger partial charge is 0.316 e. The molecule has 0 spiro atoms. The lowest BCUT2D eigenvalue weighted by Gasteiger charge is -2.14. The van der Waals surface area contributed by atoms with E-state index in [1.165, 1.54) is 17.5 Å². The molecule has 8 nitrogen and oxygen atoms in total. The molecule has 4 aromatic rings. The molecule has 0 aliphatic heterocycles. The fraction of sp³-hybridized carbons (Fsp3) is 0.174. The molecule has 2 amide bonds. The number of aromatic hydroxyl groups is 1. The number of nitrogens with two attached hydrogens (primary N) is 1. The van der Waals surface area contributed by atoms with E-state index in [0.717, 1.165) is 22.2 Å². The largest absolute Gasteiger partial charge is 0.506 e. The number of aromatic nitrogens is 1. The number of carbonyl (C=O) groups is 1. The van der Waals surface area contributed by atoms with Crippen LogP contribution in [0.25, 0.3) is 21.8 Å². The first-order valence-corrected chi connectivity index (χ1v) is 9.92. The molecule has 1 unspecified atom stereocenters. The normalized spacial score (nSPS) is 12.2. The highest BCUT2D eigenvalue weighted by molar-refractivity contribution is 6.07. The van der Waals surface area contributed by atoms with Gasteiger partial charge in [-0.3, -0.25) is 0 Å². The van der Waals surface area contributed by atoms with Crippen LogP contribution in [0, 0.1) is 0 Å². The summed E-state index contributed by atoms with van der Waals surface area (Å²) in [6.45, 7) is 1.25. The first kappa shape index (κ1) is 20.5. The maximum Gasteiger partial charge on any atom is 0.316 e. The lowest BCUT2D eigenvalue weighted by molar-refractivity contribution is 0.172. The van der Waals surface area contributed by atoms with Crippen LogP contribution < -0.4 is 21.1 Å². The number of anilines is 1. The Morgan fingerprint density at radius 2 is 1.87 bits per heavy atom. The summed E-state index contributed by atoms with van der Waals surface area (Å²) in [5.41, 5.74) is 7.89. The summed E-state index contributed by atoms with van der Waals surface area (Å²) in [6.07, 6.45) is -0.822. The fourth-order valence-electron chi connectivity index (χ4n) is 3.51. The van der Waals surface area contributed by atoms with Crippen molar-refractivity contribution in [2.75, 3.05) is 25.0 Å². The molecule has 0 saturated carbocycles. The van der Waals surface area contributed by atoms with Crippen LogP contribution in [0.3, 0.4) is 0 Å². The minimum absolute atomic E-state index is 0.122. The van der Waals surface area contributed by atoms with E-state index in [-0.39, 0.29) is 18.0 Å². The molecular formula is C23H24N4O4. The summed E-state index contributed by atoms with van der Waals surface area (Å²) in [5.74, 6) is 0.644. The highest BCUT2D eigenvalue weighted by Gasteiger charge is 2.11. The number of urea groups is 1. The van der Waals surface area contributed by atoms with E-state index >= 15 is 0 Å². The number of hydrogen-bond donors (Lipinski definition) is 6. The molecule has 0 aliphatic rings. The summed E-state index contributed by atoms with van der Waals surface area (Å²) in [5, 5.41) is 27.9. The minimum atomic E-state index is -0.822. The highest BCUT2D eigenvalue weighted by atomic mass is 16.5. The van der Waals surface area contributed by atoms with Crippen LogP contribution in [0.5, 0.6) is 11.5 Å². The third-order valence-corrected chi connectivity index (χ3v) is 5.03. The molecule has 0 radical (unpaired) electrons. The number of nitrogens with one attached hydrogen (secondary N) is 3. The molecule has 1 heterocycles.